The number of fused-ring (bicyclic) bond motifs is 1. The predicted molar refractivity (Wildman–Crippen MR) is 96.5 cm³/mol. The molecule has 1 heterocycles. The molecule has 23 heavy (non-hydrogen) atoms. The Morgan fingerprint density at radius 1 is 0.913 bits per heavy atom. The van der Waals surface area contributed by atoms with Gasteiger partial charge in [0, 0.05) is 23.0 Å². The summed E-state index contributed by atoms with van der Waals surface area (Å²) in [4.78, 5) is 3.65. The van der Waals surface area contributed by atoms with Crippen LogP contribution in [-0.4, -0.2) is 17.6 Å². The molecule has 0 unspecified atom stereocenters. The zero-order valence-corrected chi connectivity index (χ0v) is 13.6. The standard InChI is InChI=1S/C21H24N2/c1-2-8-16(9-3-1)21-19(14-15-22-17-10-4-5-11-17)18-12-6-7-13-20(18)23-21/h1-3,6-9,12-13,17,22-23H,4-5,10-11,14-15H2/p+1. The maximum Gasteiger partial charge on any atom is 0.0859 e. The lowest BCUT2D eigenvalue weighted by molar-refractivity contribution is -0.687. The van der Waals surface area contributed by atoms with Crippen molar-refractivity contribution in [2.45, 2.75) is 38.1 Å². The summed E-state index contributed by atoms with van der Waals surface area (Å²) in [6, 6.07) is 20.3. The van der Waals surface area contributed by atoms with Gasteiger partial charge in [0.1, 0.15) is 0 Å². The van der Waals surface area contributed by atoms with Crippen LogP contribution in [-0.2, 0) is 6.42 Å². The van der Waals surface area contributed by atoms with Crippen LogP contribution in [0.2, 0.25) is 0 Å². The van der Waals surface area contributed by atoms with Crippen molar-refractivity contribution in [2.75, 3.05) is 6.54 Å². The Hall–Kier alpha value is -2.06. The monoisotopic (exact) mass is 305 g/mol. The Balaban J connectivity index is 1.63. The van der Waals surface area contributed by atoms with Crippen molar-refractivity contribution in [3.05, 3.63) is 60.2 Å². The molecule has 1 fully saturated rings. The number of benzene rings is 2. The van der Waals surface area contributed by atoms with Crippen molar-refractivity contribution in [1.29, 1.82) is 0 Å². The Kier molecular flexibility index (Phi) is 4.16. The van der Waals surface area contributed by atoms with Crippen molar-refractivity contribution in [3.63, 3.8) is 0 Å². The maximum absolute atomic E-state index is 3.65. The quantitative estimate of drug-likeness (QED) is 0.717. The summed E-state index contributed by atoms with van der Waals surface area (Å²) in [5, 5.41) is 3.95. The first-order chi connectivity index (χ1) is 11.4. The zero-order chi connectivity index (χ0) is 15.5. The van der Waals surface area contributed by atoms with Gasteiger partial charge >= 0.3 is 0 Å². The van der Waals surface area contributed by atoms with Gasteiger partial charge in [-0.3, -0.25) is 0 Å². The molecule has 0 radical (unpaired) electrons. The molecular formula is C21H25N2+. The smallest absolute Gasteiger partial charge is 0.0859 e. The van der Waals surface area contributed by atoms with E-state index >= 15 is 0 Å². The number of para-hydroxylation sites is 1. The van der Waals surface area contributed by atoms with Crippen molar-refractivity contribution < 1.29 is 5.32 Å². The second-order valence-electron chi connectivity index (χ2n) is 6.71. The van der Waals surface area contributed by atoms with Crippen molar-refractivity contribution in [1.82, 2.24) is 4.98 Å². The molecular weight excluding hydrogens is 280 g/mol. The Labute approximate surface area is 137 Å². The first-order valence-electron chi connectivity index (χ1n) is 8.90. The molecule has 118 valence electrons. The van der Waals surface area contributed by atoms with Crippen molar-refractivity contribution in [2.24, 2.45) is 0 Å². The van der Waals surface area contributed by atoms with E-state index in [0.29, 0.717) is 0 Å². The minimum absolute atomic E-state index is 0.861. The number of nitrogens with one attached hydrogen (secondary N) is 1. The fourth-order valence-electron chi connectivity index (χ4n) is 3.97. The normalized spacial score (nSPS) is 15.5. The number of quaternary nitrogens is 1. The maximum atomic E-state index is 3.65. The third-order valence-corrected chi connectivity index (χ3v) is 5.17. The SMILES string of the molecule is c1ccc(-c2[nH]c3ccccc3c2CC[NH2+]C2CCCC2)cc1. The number of hydrogen-bond acceptors (Lipinski definition) is 0. The number of aromatic amines is 1. The summed E-state index contributed by atoms with van der Waals surface area (Å²) >= 11 is 0. The van der Waals surface area contributed by atoms with E-state index in [4.69, 9.17) is 0 Å². The molecule has 0 bridgehead atoms. The Morgan fingerprint density at radius 2 is 1.65 bits per heavy atom. The molecule has 1 aromatic heterocycles. The van der Waals surface area contributed by atoms with Gasteiger partial charge in [-0.05, 0) is 42.9 Å². The van der Waals surface area contributed by atoms with Gasteiger partial charge in [-0.1, -0.05) is 48.5 Å². The molecule has 0 saturated heterocycles. The second kappa shape index (κ2) is 6.59. The van der Waals surface area contributed by atoms with Crippen LogP contribution < -0.4 is 5.32 Å². The van der Waals surface area contributed by atoms with Crippen LogP contribution in [0.25, 0.3) is 22.2 Å². The summed E-state index contributed by atoms with van der Waals surface area (Å²) in [6.07, 6.45) is 6.77. The van der Waals surface area contributed by atoms with E-state index < -0.39 is 0 Å². The number of H-pyrrole nitrogens is 1. The molecule has 3 aromatic rings. The zero-order valence-electron chi connectivity index (χ0n) is 13.6. The van der Waals surface area contributed by atoms with Gasteiger partial charge in [-0.25, -0.2) is 0 Å². The lowest BCUT2D eigenvalue weighted by Crippen LogP contribution is -2.89. The minimum atomic E-state index is 0.861. The van der Waals surface area contributed by atoms with Crippen LogP contribution in [0.15, 0.2) is 54.6 Å². The Morgan fingerprint density at radius 3 is 2.48 bits per heavy atom. The van der Waals surface area contributed by atoms with Crippen molar-refractivity contribution in [3.8, 4) is 11.3 Å². The van der Waals surface area contributed by atoms with Crippen LogP contribution in [0.3, 0.4) is 0 Å². The van der Waals surface area contributed by atoms with Crippen LogP contribution in [0.5, 0.6) is 0 Å². The summed E-state index contributed by atoms with van der Waals surface area (Å²) in [7, 11) is 0. The second-order valence-corrected chi connectivity index (χ2v) is 6.71. The predicted octanol–water partition coefficient (Wildman–Crippen LogP) is 3.88. The third-order valence-electron chi connectivity index (χ3n) is 5.17. The fraction of sp³-hybridized carbons (Fsp3) is 0.333. The molecule has 0 aliphatic heterocycles. The highest BCUT2D eigenvalue weighted by atomic mass is 14.9. The van der Waals surface area contributed by atoms with E-state index in [9.17, 15) is 0 Å². The van der Waals surface area contributed by atoms with Gasteiger partial charge in [0.15, 0.2) is 0 Å². The molecule has 0 atom stereocenters. The lowest BCUT2D eigenvalue weighted by atomic mass is 10.0. The molecule has 2 heteroatoms. The number of rotatable bonds is 5. The molecule has 2 aromatic carbocycles. The summed E-state index contributed by atoms with van der Waals surface area (Å²) in [5.41, 5.74) is 5.31. The molecule has 1 aliphatic rings. The first kappa shape index (κ1) is 14.5. The highest BCUT2D eigenvalue weighted by Gasteiger charge is 2.18. The molecule has 3 N–H and O–H groups in total. The van der Waals surface area contributed by atoms with Crippen LogP contribution in [0, 0.1) is 0 Å². The molecule has 1 saturated carbocycles. The fourth-order valence-corrected chi connectivity index (χ4v) is 3.97. The number of hydrogen-bond donors (Lipinski definition) is 2. The van der Waals surface area contributed by atoms with E-state index in [0.717, 1.165) is 12.5 Å². The van der Waals surface area contributed by atoms with Gasteiger partial charge in [-0.2, -0.15) is 0 Å². The molecule has 0 spiro atoms. The molecule has 2 nitrogen and oxygen atoms in total. The van der Waals surface area contributed by atoms with Gasteiger partial charge in [0.2, 0.25) is 0 Å². The van der Waals surface area contributed by atoms with E-state index in [1.807, 2.05) is 0 Å². The van der Waals surface area contributed by atoms with E-state index in [-0.39, 0.29) is 0 Å². The van der Waals surface area contributed by atoms with E-state index in [1.165, 1.54) is 60.0 Å². The average molecular weight is 305 g/mol. The van der Waals surface area contributed by atoms with Crippen LogP contribution in [0.4, 0.5) is 0 Å². The lowest BCUT2D eigenvalue weighted by Gasteiger charge is -2.09. The minimum Gasteiger partial charge on any atom is -0.354 e. The summed E-state index contributed by atoms with van der Waals surface area (Å²) in [6.45, 7) is 1.19. The molecule has 1 aliphatic carbocycles. The van der Waals surface area contributed by atoms with Gasteiger partial charge in [0.25, 0.3) is 0 Å². The summed E-state index contributed by atoms with van der Waals surface area (Å²) in [5.74, 6) is 0. The van der Waals surface area contributed by atoms with Gasteiger partial charge in [-0.15, -0.1) is 0 Å². The topological polar surface area (TPSA) is 32.4 Å². The van der Waals surface area contributed by atoms with E-state index in [2.05, 4.69) is 64.9 Å². The Bertz CT molecular complexity index is 767. The highest BCUT2D eigenvalue weighted by Crippen LogP contribution is 2.30. The van der Waals surface area contributed by atoms with Gasteiger partial charge < -0.3 is 10.3 Å². The molecule has 0 amide bonds. The van der Waals surface area contributed by atoms with Crippen LogP contribution in [0.1, 0.15) is 31.2 Å². The number of aromatic nitrogens is 1. The number of nitrogens with two attached hydrogens (primary N) is 1. The third kappa shape index (κ3) is 3.04. The van der Waals surface area contributed by atoms with Gasteiger partial charge in [0.05, 0.1) is 12.6 Å². The van der Waals surface area contributed by atoms with E-state index in [1.54, 1.807) is 0 Å². The highest BCUT2D eigenvalue weighted by molar-refractivity contribution is 5.90. The molecule has 4 rings (SSSR count). The summed E-state index contributed by atoms with van der Waals surface area (Å²) < 4.78 is 0. The average Bonchev–Trinajstić information content (AvgIpc) is 3.24. The first-order valence-corrected chi connectivity index (χ1v) is 8.90. The van der Waals surface area contributed by atoms with Crippen molar-refractivity contribution >= 4 is 10.9 Å². The van der Waals surface area contributed by atoms with Crippen LogP contribution >= 0.6 is 0 Å². The largest absolute Gasteiger partial charge is 0.354 e.